The molecule has 2 amide bonds. The molecule has 0 radical (unpaired) electrons. The normalized spacial score (nSPS) is 13.8. The summed E-state index contributed by atoms with van der Waals surface area (Å²) in [5.74, 6) is 1.17. The SMILES string of the molecule is CCc1nncn1CCNC(=O)NCC(C)CC(C)O. The summed E-state index contributed by atoms with van der Waals surface area (Å²) in [5.41, 5.74) is 0. The second-order valence-electron chi connectivity index (χ2n) is 5.12. The van der Waals surface area contributed by atoms with Crippen molar-refractivity contribution in [2.45, 2.75) is 46.3 Å². The third kappa shape index (κ3) is 6.01. The van der Waals surface area contributed by atoms with Crippen molar-refractivity contribution >= 4 is 6.03 Å². The van der Waals surface area contributed by atoms with Gasteiger partial charge in [0.25, 0.3) is 0 Å². The van der Waals surface area contributed by atoms with E-state index in [4.69, 9.17) is 0 Å². The fourth-order valence-corrected chi connectivity index (χ4v) is 2.02. The van der Waals surface area contributed by atoms with Gasteiger partial charge >= 0.3 is 6.03 Å². The number of aliphatic hydroxyl groups excluding tert-OH is 1. The highest BCUT2D eigenvalue weighted by Crippen LogP contribution is 2.03. The second kappa shape index (κ2) is 8.52. The minimum Gasteiger partial charge on any atom is -0.393 e. The number of carbonyl (C=O) groups is 1. The molecule has 114 valence electrons. The van der Waals surface area contributed by atoms with Gasteiger partial charge in [-0.25, -0.2) is 4.79 Å². The number of amides is 2. The lowest BCUT2D eigenvalue weighted by Crippen LogP contribution is -2.39. The monoisotopic (exact) mass is 283 g/mol. The third-order valence-electron chi connectivity index (χ3n) is 3.00. The lowest BCUT2D eigenvalue weighted by molar-refractivity contribution is 0.163. The molecule has 0 aliphatic carbocycles. The summed E-state index contributed by atoms with van der Waals surface area (Å²) in [6, 6.07) is -0.187. The van der Waals surface area contributed by atoms with Crippen molar-refractivity contribution in [2.24, 2.45) is 5.92 Å². The van der Waals surface area contributed by atoms with Gasteiger partial charge in [0, 0.05) is 26.1 Å². The first-order valence-electron chi connectivity index (χ1n) is 7.09. The van der Waals surface area contributed by atoms with E-state index in [1.165, 1.54) is 0 Å². The number of hydrogen-bond donors (Lipinski definition) is 3. The highest BCUT2D eigenvalue weighted by atomic mass is 16.3. The Morgan fingerprint density at radius 3 is 2.85 bits per heavy atom. The molecule has 1 rings (SSSR count). The Balaban J connectivity index is 2.17. The zero-order valence-electron chi connectivity index (χ0n) is 12.5. The molecular weight excluding hydrogens is 258 g/mol. The number of aryl methyl sites for hydroxylation is 1. The van der Waals surface area contributed by atoms with Gasteiger partial charge in [-0.1, -0.05) is 13.8 Å². The topological polar surface area (TPSA) is 92.1 Å². The minimum absolute atomic E-state index is 0.187. The van der Waals surface area contributed by atoms with Crippen molar-refractivity contribution in [2.75, 3.05) is 13.1 Å². The fourth-order valence-electron chi connectivity index (χ4n) is 2.02. The average Bonchev–Trinajstić information content (AvgIpc) is 2.83. The molecule has 7 heteroatoms. The van der Waals surface area contributed by atoms with Gasteiger partial charge in [-0.2, -0.15) is 0 Å². The molecule has 20 heavy (non-hydrogen) atoms. The molecule has 1 aromatic rings. The quantitative estimate of drug-likeness (QED) is 0.649. The van der Waals surface area contributed by atoms with Gasteiger partial charge in [0.15, 0.2) is 0 Å². The van der Waals surface area contributed by atoms with Gasteiger partial charge in [0.2, 0.25) is 0 Å². The molecule has 3 N–H and O–H groups in total. The summed E-state index contributed by atoms with van der Waals surface area (Å²) in [6.07, 6.45) is 2.84. The van der Waals surface area contributed by atoms with Crippen LogP contribution in [-0.2, 0) is 13.0 Å². The number of aliphatic hydroxyl groups is 1. The Hall–Kier alpha value is -1.63. The summed E-state index contributed by atoms with van der Waals surface area (Å²) in [6.45, 7) is 7.51. The lowest BCUT2D eigenvalue weighted by atomic mass is 10.1. The molecule has 7 nitrogen and oxygen atoms in total. The van der Waals surface area contributed by atoms with Crippen LogP contribution in [0.15, 0.2) is 6.33 Å². The van der Waals surface area contributed by atoms with Crippen molar-refractivity contribution in [1.29, 1.82) is 0 Å². The average molecular weight is 283 g/mol. The van der Waals surface area contributed by atoms with E-state index in [1.54, 1.807) is 13.3 Å². The molecule has 1 aromatic heterocycles. The molecule has 1 heterocycles. The fraction of sp³-hybridized carbons (Fsp3) is 0.769. The van der Waals surface area contributed by atoms with E-state index in [9.17, 15) is 9.90 Å². The number of urea groups is 1. The highest BCUT2D eigenvalue weighted by Gasteiger charge is 2.08. The van der Waals surface area contributed by atoms with Crippen molar-refractivity contribution in [3.05, 3.63) is 12.2 Å². The molecular formula is C13H25N5O2. The molecule has 0 spiro atoms. The second-order valence-corrected chi connectivity index (χ2v) is 5.12. The van der Waals surface area contributed by atoms with Crippen molar-refractivity contribution in [3.63, 3.8) is 0 Å². The molecule has 0 saturated heterocycles. The Morgan fingerprint density at radius 2 is 2.20 bits per heavy atom. The predicted octanol–water partition coefficient (Wildman–Crippen LogP) is 0.547. The van der Waals surface area contributed by atoms with E-state index < -0.39 is 0 Å². The summed E-state index contributed by atoms with van der Waals surface area (Å²) in [5, 5.41) is 22.6. The zero-order chi connectivity index (χ0) is 15.0. The van der Waals surface area contributed by atoms with Crippen molar-refractivity contribution in [3.8, 4) is 0 Å². The first-order chi connectivity index (χ1) is 9.52. The van der Waals surface area contributed by atoms with Crippen molar-refractivity contribution in [1.82, 2.24) is 25.4 Å². The van der Waals surface area contributed by atoms with Gasteiger partial charge in [0.05, 0.1) is 6.10 Å². The molecule has 0 aliphatic heterocycles. The van der Waals surface area contributed by atoms with Gasteiger partial charge in [-0.3, -0.25) is 0 Å². The zero-order valence-corrected chi connectivity index (χ0v) is 12.5. The number of nitrogens with zero attached hydrogens (tertiary/aromatic N) is 3. The maximum Gasteiger partial charge on any atom is 0.314 e. The molecule has 0 saturated carbocycles. The Morgan fingerprint density at radius 1 is 1.45 bits per heavy atom. The third-order valence-corrected chi connectivity index (χ3v) is 3.00. The van der Waals surface area contributed by atoms with Crippen LogP contribution < -0.4 is 10.6 Å². The van der Waals surface area contributed by atoms with Gasteiger partial charge in [-0.15, -0.1) is 10.2 Å². The van der Waals surface area contributed by atoms with Crippen LogP contribution in [0.3, 0.4) is 0 Å². The number of carbonyl (C=O) groups excluding carboxylic acids is 1. The smallest absolute Gasteiger partial charge is 0.314 e. The maximum absolute atomic E-state index is 11.6. The van der Waals surface area contributed by atoms with E-state index in [2.05, 4.69) is 20.8 Å². The number of hydrogen-bond acceptors (Lipinski definition) is 4. The van der Waals surface area contributed by atoms with Crippen LogP contribution in [0, 0.1) is 5.92 Å². The first kappa shape index (κ1) is 16.4. The van der Waals surface area contributed by atoms with Gasteiger partial charge in [0.1, 0.15) is 12.2 Å². The summed E-state index contributed by atoms with van der Waals surface area (Å²) in [4.78, 5) is 11.6. The predicted molar refractivity (Wildman–Crippen MR) is 76.3 cm³/mol. The number of rotatable bonds is 8. The van der Waals surface area contributed by atoms with Crippen LogP contribution in [0.2, 0.25) is 0 Å². The molecule has 0 fully saturated rings. The minimum atomic E-state index is -0.337. The summed E-state index contributed by atoms with van der Waals surface area (Å²) < 4.78 is 1.93. The summed E-state index contributed by atoms with van der Waals surface area (Å²) in [7, 11) is 0. The van der Waals surface area contributed by atoms with Crippen molar-refractivity contribution < 1.29 is 9.90 Å². The number of nitrogens with one attached hydrogen (secondary N) is 2. The Bertz CT molecular complexity index is 405. The summed E-state index contributed by atoms with van der Waals surface area (Å²) >= 11 is 0. The molecule has 0 aliphatic rings. The van der Waals surface area contributed by atoms with E-state index in [1.807, 2.05) is 18.4 Å². The van der Waals surface area contributed by atoms with Gasteiger partial charge < -0.3 is 20.3 Å². The van der Waals surface area contributed by atoms with Crippen LogP contribution in [0.1, 0.15) is 33.0 Å². The van der Waals surface area contributed by atoms with E-state index in [0.717, 1.165) is 12.2 Å². The molecule has 0 aromatic carbocycles. The van der Waals surface area contributed by atoms with E-state index in [0.29, 0.717) is 26.1 Å². The van der Waals surface area contributed by atoms with Crippen LogP contribution in [0.25, 0.3) is 0 Å². The van der Waals surface area contributed by atoms with Crippen LogP contribution >= 0.6 is 0 Å². The molecule has 2 atom stereocenters. The molecule has 0 bridgehead atoms. The largest absolute Gasteiger partial charge is 0.393 e. The lowest BCUT2D eigenvalue weighted by Gasteiger charge is -2.14. The van der Waals surface area contributed by atoms with E-state index >= 15 is 0 Å². The highest BCUT2D eigenvalue weighted by molar-refractivity contribution is 5.73. The van der Waals surface area contributed by atoms with Crippen LogP contribution in [-0.4, -0.2) is 45.1 Å². The van der Waals surface area contributed by atoms with E-state index in [-0.39, 0.29) is 18.1 Å². The van der Waals surface area contributed by atoms with Crippen LogP contribution in [0.5, 0.6) is 0 Å². The standard InChI is InChI=1S/C13H25N5O2/c1-4-12-17-16-9-18(12)6-5-14-13(20)15-8-10(2)7-11(3)19/h9-11,19H,4-8H2,1-3H3,(H2,14,15,20). The van der Waals surface area contributed by atoms with Gasteiger partial charge in [-0.05, 0) is 19.3 Å². The molecule has 2 unspecified atom stereocenters. The Labute approximate surface area is 119 Å². The number of aromatic nitrogens is 3. The maximum atomic E-state index is 11.6. The first-order valence-corrected chi connectivity index (χ1v) is 7.09. The van der Waals surface area contributed by atoms with Crippen LogP contribution in [0.4, 0.5) is 4.79 Å². The Kier molecular flexibility index (Phi) is 7.00.